The van der Waals surface area contributed by atoms with Gasteiger partial charge in [-0.05, 0) is 55.5 Å². The molecule has 0 N–H and O–H groups in total. The van der Waals surface area contributed by atoms with Gasteiger partial charge in [0.05, 0.1) is 0 Å². The first-order chi connectivity index (χ1) is 7.88. The summed E-state index contributed by atoms with van der Waals surface area (Å²) in [5, 5.41) is 0. The van der Waals surface area contributed by atoms with Gasteiger partial charge in [0.15, 0.2) is 0 Å². The SMILES string of the molecule is [CH2-]CC1CCC2C(CCC3CCCCC32)P1.[Y]. The summed E-state index contributed by atoms with van der Waals surface area (Å²) in [6.45, 7) is 4.14. The van der Waals surface area contributed by atoms with Gasteiger partial charge >= 0.3 is 0 Å². The maximum absolute atomic E-state index is 4.14. The number of hydrogen-bond acceptors (Lipinski definition) is 0. The summed E-state index contributed by atoms with van der Waals surface area (Å²) in [7, 11) is 1.26. The van der Waals surface area contributed by atoms with Crippen molar-refractivity contribution in [3.63, 3.8) is 0 Å². The van der Waals surface area contributed by atoms with E-state index in [1.807, 2.05) is 0 Å². The molecule has 95 valence electrons. The summed E-state index contributed by atoms with van der Waals surface area (Å²) < 4.78 is 0. The van der Waals surface area contributed by atoms with Crippen LogP contribution >= 0.6 is 8.58 Å². The summed E-state index contributed by atoms with van der Waals surface area (Å²) in [5.41, 5.74) is 2.13. The van der Waals surface area contributed by atoms with Crippen molar-refractivity contribution in [1.82, 2.24) is 0 Å². The molecule has 1 aliphatic heterocycles. The van der Waals surface area contributed by atoms with Crippen molar-refractivity contribution >= 4 is 8.58 Å². The number of hydrogen-bond donors (Lipinski definition) is 0. The summed E-state index contributed by atoms with van der Waals surface area (Å²) in [6.07, 6.45) is 13.6. The predicted octanol–water partition coefficient (Wildman–Crippen LogP) is 4.63. The molecule has 2 heteroatoms. The van der Waals surface area contributed by atoms with Crippen LogP contribution < -0.4 is 0 Å². The van der Waals surface area contributed by atoms with Gasteiger partial charge in [-0.1, -0.05) is 24.9 Å². The van der Waals surface area contributed by atoms with Crippen molar-refractivity contribution in [1.29, 1.82) is 0 Å². The third kappa shape index (κ3) is 3.17. The molecule has 1 heterocycles. The Bertz CT molecular complexity index is 243. The fraction of sp³-hybridized carbons (Fsp3) is 0.933. The molecule has 6 atom stereocenters. The van der Waals surface area contributed by atoms with E-state index in [1.165, 1.54) is 34.3 Å². The Morgan fingerprint density at radius 2 is 1.71 bits per heavy atom. The van der Waals surface area contributed by atoms with Gasteiger partial charge in [-0.3, -0.25) is 0 Å². The summed E-state index contributed by atoms with van der Waals surface area (Å²) in [5.74, 6) is 3.42. The van der Waals surface area contributed by atoms with Crippen molar-refractivity contribution in [2.24, 2.45) is 17.8 Å². The second kappa shape index (κ2) is 6.81. The van der Waals surface area contributed by atoms with Crippen LogP contribution in [0.4, 0.5) is 0 Å². The zero-order chi connectivity index (χ0) is 11.0. The van der Waals surface area contributed by atoms with Crippen LogP contribution in [0.2, 0.25) is 0 Å². The molecule has 1 saturated heterocycles. The molecule has 2 saturated carbocycles. The van der Waals surface area contributed by atoms with E-state index in [1.54, 1.807) is 32.1 Å². The molecule has 0 aromatic rings. The van der Waals surface area contributed by atoms with Crippen molar-refractivity contribution in [3.8, 4) is 0 Å². The van der Waals surface area contributed by atoms with Gasteiger partial charge < -0.3 is 6.92 Å². The molecule has 0 amide bonds. The Labute approximate surface area is 134 Å². The molecule has 6 unspecified atom stereocenters. The van der Waals surface area contributed by atoms with E-state index >= 15 is 0 Å². The molecular weight excluding hydrogens is 300 g/mol. The zero-order valence-electron chi connectivity index (χ0n) is 11.0. The van der Waals surface area contributed by atoms with E-state index in [-0.39, 0.29) is 32.7 Å². The summed E-state index contributed by atoms with van der Waals surface area (Å²) in [6, 6.07) is 0. The average Bonchev–Trinajstić information content (AvgIpc) is 2.38. The third-order valence-corrected chi connectivity index (χ3v) is 7.72. The van der Waals surface area contributed by atoms with Gasteiger partial charge in [-0.25, -0.2) is 0 Å². The van der Waals surface area contributed by atoms with Crippen LogP contribution in [-0.4, -0.2) is 11.3 Å². The maximum atomic E-state index is 4.14. The average molecular weight is 326 g/mol. The van der Waals surface area contributed by atoms with Crippen LogP contribution in [0.5, 0.6) is 0 Å². The van der Waals surface area contributed by atoms with Crippen LogP contribution in [0.25, 0.3) is 0 Å². The molecule has 0 bridgehead atoms. The van der Waals surface area contributed by atoms with Gasteiger partial charge in [0, 0.05) is 32.7 Å². The van der Waals surface area contributed by atoms with Gasteiger partial charge in [0.25, 0.3) is 0 Å². The molecular formula is C15H26PY-. The van der Waals surface area contributed by atoms with Gasteiger partial charge in [0.1, 0.15) is 0 Å². The van der Waals surface area contributed by atoms with E-state index < -0.39 is 0 Å². The van der Waals surface area contributed by atoms with Gasteiger partial charge in [0.2, 0.25) is 0 Å². The topological polar surface area (TPSA) is 0 Å². The minimum atomic E-state index is 0. The maximum Gasteiger partial charge on any atom is 0 e. The van der Waals surface area contributed by atoms with Crippen molar-refractivity contribution < 1.29 is 32.7 Å². The molecule has 0 aromatic carbocycles. The molecule has 17 heavy (non-hydrogen) atoms. The third-order valence-electron chi connectivity index (χ3n) is 5.53. The van der Waals surface area contributed by atoms with Crippen molar-refractivity contribution in [3.05, 3.63) is 6.92 Å². The fourth-order valence-corrected chi connectivity index (χ4v) is 6.79. The first-order valence-electron chi connectivity index (χ1n) is 7.44. The summed E-state index contributed by atoms with van der Waals surface area (Å²) >= 11 is 0. The van der Waals surface area contributed by atoms with Crippen molar-refractivity contribution in [2.75, 3.05) is 0 Å². The van der Waals surface area contributed by atoms with Gasteiger partial charge in [-0.2, -0.15) is 6.42 Å². The molecule has 0 aromatic heterocycles. The van der Waals surface area contributed by atoms with E-state index in [4.69, 9.17) is 0 Å². The first kappa shape index (κ1) is 14.9. The molecule has 2 aliphatic carbocycles. The molecule has 1 radical (unpaired) electrons. The largest absolute Gasteiger partial charge is 0.343 e. The van der Waals surface area contributed by atoms with E-state index in [2.05, 4.69) is 6.92 Å². The second-order valence-electron chi connectivity index (χ2n) is 6.29. The van der Waals surface area contributed by atoms with Gasteiger partial charge in [-0.15, -0.1) is 8.58 Å². The van der Waals surface area contributed by atoms with Crippen LogP contribution in [0, 0.1) is 24.7 Å². The quantitative estimate of drug-likeness (QED) is 0.487. The Hall–Kier alpha value is 1.53. The van der Waals surface area contributed by atoms with Crippen LogP contribution in [-0.2, 0) is 32.7 Å². The van der Waals surface area contributed by atoms with E-state index in [0.717, 1.165) is 29.1 Å². The van der Waals surface area contributed by atoms with E-state index in [0.29, 0.717) is 0 Å². The number of rotatable bonds is 1. The molecule has 3 fully saturated rings. The minimum Gasteiger partial charge on any atom is -0.343 e. The summed E-state index contributed by atoms with van der Waals surface area (Å²) in [4.78, 5) is 0. The Morgan fingerprint density at radius 1 is 0.882 bits per heavy atom. The van der Waals surface area contributed by atoms with Crippen molar-refractivity contribution in [2.45, 2.75) is 69.1 Å². The Morgan fingerprint density at radius 3 is 2.53 bits per heavy atom. The molecule has 3 aliphatic rings. The normalized spacial score (nSPS) is 46.8. The minimum absolute atomic E-state index is 0. The molecule has 0 nitrogen and oxygen atoms in total. The smallest absolute Gasteiger partial charge is 0 e. The Kier molecular flexibility index (Phi) is 5.98. The molecule has 0 spiro atoms. The monoisotopic (exact) mass is 326 g/mol. The standard InChI is InChI=1S/C15H26P.Y/c1-2-12-8-9-14-13-6-4-3-5-11(13)7-10-15(14)16-12;/h11-16H,1-10H2;/q-1;. The Balaban J connectivity index is 0.00000108. The second-order valence-corrected chi connectivity index (χ2v) is 8.18. The molecule has 3 rings (SSSR count). The zero-order valence-corrected chi connectivity index (χ0v) is 14.9. The van der Waals surface area contributed by atoms with E-state index in [9.17, 15) is 0 Å². The van der Waals surface area contributed by atoms with Crippen LogP contribution in [0.15, 0.2) is 0 Å². The predicted molar refractivity (Wildman–Crippen MR) is 73.3 cm³/mol. The first-order valence-corrected chi connectivity index (χ1v) is 8.59. The fourth-order valence-electron chi connectivity index (χ4n) is 4.69. The number of fused-ring (bicyclic) bond motifs is 3. The van der Waals surface area contributed by atoms with Crippen LogP contribution in [0.1, 0.15) is 57.8 Å². The van der Waals surface area contributed by atoms with Crippen LogP contribution in [0.3, 0.4) is 0 Å².